The van der Waals surface area contributed by atoms with Gasteiger partial charge in [0.25, 0.3) is 0 Å². The van der Waals surface area contributed by atoms with Gasteiger partial charge >= 0.3 is 19.5 Å². The zero-order valence-electron chi connectivity index (χ0n) is 25.4. The molecule has 0 N–H and O–H groups in total. The second kappa shape index (κ2) is 25.5. The van der Waals surface area contributed by atoms with Gasteiger partial charge in [0, 0.05) is 0 Å². The first kappa shape index (κ1) is 44.8. The summed E-state index contributed by atoms with van der Waals surface area (Å²) in [5, 5.41) is 19.2. The first-order valence-electron chi connectivity index (χ1n) is 12.9. The van der Waals surface area contributed by atoms with Crippen LogP contribution in [-0.2, 0) is 29.1 Å². The van der Waals surface area contributed by atoms with Gasteiger partial charge in [-0.1, -0.05) is 133 Å². The van der Waals surface area contributed by atoms with Crippen LogP contribution in [0.1, 0.15) is 123 Å². The predicted molar refractivity (Wildman–Crippen MR) is 152 cm³/mol. The Labute approximate surface area is 233 Å². The maximum absolute atomic E-state index is 7.75. The van der Waals surface area contributed by atoms with Crippen molar-refractivity contribution in [3.05, 3.63) is 21.3 Å². The predicted octanol–water partition coefficient (Wildman–Crippen LogP) is 8.86. The second-order valence-corrected chi connectivity index (χ2v) is 11.1. The molecule has 4 unspecified atom stereocenters. The van der Waals surface area contributed by atoms with Crippen LogP contribution in [0.4, 0.5) is 0 Å². The average molecular weight is 584 g/mol. The zero-order valence-corrected chi connectivity index (χ0v) is 27.1. The van der Waals surface area contributed by atoms with Crippen LogP contribution in [0.2, 0.25) is 0 Å². The minimum atomic E-state index is 0. The third kappa shape index (κ3) is 26.7. The molecule has 0 bridgehead atoms. The van der Waals surface area contributed by atoms with Crippen LogP contribution in [0.25, 0.3) is 21.3 Å². The van der Waals surface area contributed by atoms with Crippen molar-refractivity contribution in [1.29, 1.82) is 0 Å². The Bertz CT molecular complexity index is 378. The molecule has 35 heavy (non-hydrogen) atoms. The van der Waals surface area contributed by atoms with E-state index in [-0.39, 0.29) is 42.6 Å². The van der Waals surface area contributed by atoms with Crippen LogP contribution in [0.5, 0.6) is 0 Å². The van der Waals surface area contributed by atoms with Crippen molar-refractivity contribution < 1.29 is 29.1 Å². The smallest absolute Gasteiger partial charge is 0.675 e. The van der Waals surface area contributed by atoms with E-state index in [2.05, 4.69) is 111 Å². The molecule has 6 nitrogen and oxygen atoms in total. The van der Waals surface area contributed by atoms with Gasteiger partial charge in [-0.15, -0.1) is 24.2 Å². The van der Waals surface area contributed by atoms with E-state index >= 15 is 0 Å². The monoisotopic (exact) mass is 584 g/mol. The number of nitrogens with zero attached hydrogens (tertiary/aromatic N) is 4. The summed E-state index contributed by atoms with van der Waals surface area (Å²) in [6.45, 7) is 37.2. The van der Waals surface area contributed by atoms with Crippen LogP contribution in [0.15, 0.2) is 0 Å². The van der Waals surface area contributed by atoms with Crippen molar-refractivity contribution in [2.24, 2.45) is 10.8 Å². The number of carbonyl (C=O) groups excluding carboxylic acids is 2. The summed E-state index contributed by atoms with van der Waals surface area (Å²) in [7, 11) is 0. The van der Waals surface area contributed by atoms with Crippen molar-refractivity contribution in [2.45, 2.75) is 159 Å². The number of hydrogen-bond acceptors (Lipinski definition) is 2. The fraction of sp³-hybridized carbons (Fsp3) is 0.929. The van der Waals surface area contributed by atoms with Crippen molar-refractivity contribution in [1.82, 2.24) is 0 Å². The van der Waals surface area contributed by atoms with E-state index in [0.717, 1.165) is 25.7 Å². The Kier molecular flexibility index (Phi) is 32.6. The SMILES string of the molecule is CCC(C)[N-]C([N-]C(C)CC)C(C)(C)C.CCC(C)[N-]C([N-]C(C)CC)C(C)(C)C.[CH-]=O.[CH-]=O.[Ru+6]. The van der Waals surface area contributed by atoms with Crippen molar-refractivity contribution in [3.8, 4) is 0 Å². The number of hydrogen-bond donors (Lipinski definition) is 0. The topological polar surface area (TPSA) is 90.5 Å². The normalized spacial score (nSPS) is 16.2. The third-order valence-electron chi connectivity index (χ3n) is 5.50. The summed E-state index contributed by atoms with van der Waals surface area (Å²) in [5.74, 6) is 0. The second-order valence-electron chi connectivity index (χ2n) is 11.1. The van der Waals surface area contributed by atoms with Crippen molar-refractivity contribution >= 4 is 13.6 Å². The van der Waals surface area contributed by atoms with Gasteiger partial charge in [0.1, 0.15) is 0 Å². The quantitative estimate of drug-likeness (QED) is 0.130. The van der Waals surface area contributed by atoms with Gasteiger partial charge in [0.15, 0.2) is 0 Å². The minimum Gasteiger partial charge on any atom is -0.675 e. The molecule has 0 aliphatic carbocycles. The third-order valence-corrected chi connectivity index (χ3v) is 5.50. The Hall–Kier alpha value is -0.197. The van der Waals surface area contributed by atoms with E-state index in [1.807, 2.05) is 0 Å². The van der Waals surface area contributed by atoms with Crippen LogP contribution in [0.3, 0.4) is 0 Å². The van der Waals surface area contributed by atoms with E-state index in [0.29, 0.717) is 24.2 Å². The van der Waals surface area contributed by atoms with E-state index in [1.165, 1.54) is 0 Å². The van der Waals surface area contributed by atoms with E-state index in [1.54, 1.807) is 0 Å². The standard InChI is InChI=1S/2C13H28N2.2CHO.Ru/c2*1-8-10(3)14-12(13(5,6)7)15-11(4)9-2;2*1-2;/h2*10-12H,8-9H2,1-7H3;2*1H;/q2*-2;2*-1;+6. The molecule has 0 aromatic rings. The summed E-state index contributed by atoms with van der Waals surface area (Å²) >= 11 is 0. The summed E-state index contributed by atoms with van der Waals surface area (Å²) in [4.78, 5) is 15.5. The minimum absolute atomic E-state index is 0. The van der Waals surface area contributed by atoms with Gasteiger partial charge in [0.2, 0.25) is 0 Å². The van der Waals surface area contributed by atoms with Crippen LogP contribution in [-0.4, -0.2) is 50.1 Å². The van der Waals surface area contributed by atoms with Gasteiger partial charge in [-0.05, 0) is 0 Å². The molecule has 0 amide bonds. The molecule has 0 fully saturated rings. The summed E-state index contributed by atoms with van der Waals surface area (Å²) < 4.78 is 0. The summed E-state index contributed by atoms with van der Waals surface area (Å²) in [5.41, 5.74) is 0.291. The summed E-state index contributed by atoms with van der Waals surface area (Å²) in [6, 6.07) is 1.67. The molecule has 0 aromatic heterocycles. The van der Waals surface area contributed by atoms with Crippen molar-refractivity contribution in [2.75, 3.05) is 0 Å². The van der Waals surface area contributed by atoms with Crippen LogP contribution < -0.4 is 0 Å². The molecule has 7 heteroatoms. The van der Waals surface area contributed by atoms with Crippen LogP contribution >= 0.6 is 0 Å². The molecule has 0 saturated carbocycles. The summed E-state index contributed by atoms with van der Waals surface area (Å²) in [6.07, 6.45) is 4.68. The average Bonchev–Trinajstić information content (AvgIpc) is 2.79. The van der Waals surface area contributed by atoms with E-state index < -0.39 is 0 Å². The molecule has 0 radical (unpaired) electrons. The van der Waals surface area contributed by atoms with Crippen molar-refractivity contribution in [3.63, 3.8) is 0 Å². The first-order chi connectivity index (χ1) is 15.6. The molecule has 0 aliphatic rings. The number of rotatable bonds is 12. The fourth-order valence-electron chi connectivity index (χ4n) is 2.36. The maximum atomic E-state index is 7.75. The first-order valence-corrected chi connectivity index (χ1v) is 12.9. The maximum Gasteiger partial charge on any atom is 6.00 e. The molecule has 0 aliphatic heterocycles. The van der Waals surface area contributed by atoms with E-state index in [4.69, 9.17) is 30.9 Å². The van der Waals surface area contributed by atoms with E-state index in [9.17, 15) is 0 Å². The zero-order chi connectivity index (χ0) is 28.1. The van der Waals surface area contributed by atoms with Gasteiger partial charge in [-0.2, -0.15) is 0 Å². The Balaban J connectivity index is -0.000000146. The molecule has 4 atom stereocenters. The molecular formula is C28H58N4O2Ru. The molecular weight excluding hydrogens is 525 g/mol. The van der Waals surface area contributed by atoms with Gasteiger partial charge in [0.05, 0.1) is 0 Å². The Morgan fingerprint density at radius 3 is 0.714 bits per heavy atom. The van der Waals surface area contributed by atoms with Crippen LogP contribution in [0, 0.1) is 10.8 Å². The van der Waals surface area contributed by atoms with Gasteiger partial charge in [-0.3, -0.25) is 13.6 Å². The largest absolute Gasteiger partial charge is 6.00 e. The molecule has 0 heterocycles. The molecule has 0 aromatic carbocycles. The molecule has 0 rings (SSSR count). The molecule has 210 valence electrons. The Morgan fingerprint density at radius 2 is 0.629 bits per heavy atom. The van der Waals surface area contributed by atoms with Gasteiger partial charge < -0.3 is 30.9 Å². The molecule has 0 spiro atoms. The van der Waals surface area contributed by atoms with Gasteiger partial charge in [-0.25, -0.2) is 12.3 Å². The fourth-order valence-corrected chi connectivity index (χ4v) is 2.36. The Morgan fingerprint density at radius 1 is 0.486 bits per heavy atom. The molecule has 0 saturated heterocycles.